The molecular formula is C12H26O4Si. The van der Waals surface area contributed by atoms with Gasteiger partial charge in [0.05, 0.1) is 12.2 Å². The zero-order chi connectivity index (χ0) is 13.4. The van der Waals surface area contributed by atoms with E-state index >= 15 is 0 Å². The Bertz CT molecular complexity index is 262. The minimum Gasteiger partial charge on any atom is -0.411 e. The summed E-state index contributed by atoms with van der Waals surface area (Å²) in [7, 11) is -1.92. The van der Waals surface area contributed by atoms with Gasteiger partial charge in [-0.15, -0.1) is 0 Å². The summed E-state index contributed by atoms with van der Waals surface area (Å²) in [6.45, 7) is 12.5. The number of hydrogen-bond donors (Lipinski definition) is 2. The Morgan fingerprint density at radius 1 is 1.24 bits per heavy atom. The van der Waals surface area contributed by atoms with Crippen LogP contribution in [0.15, 0.2) is 0 Å². The number of aliphatic hydroxyl groups is 2. The van der Waals surface area contributed by atoms with Crippen LogP contribution in [0.2, 0.25) is 18.1 Å². The van der Waals surface area contributed by atoms with Crippen molar-refractivity contribution in [3.63, 3.8) is 0 Å². The second kappa shape index (κ2) is 4.97. The molecule has 1 fully saturated rings. The van der Waals surface area contributed by atoms with Crippen LogP contribution in [0.4, 0.5) is 0 Å². The fourth-order valence-corrected chi connectivity index (χ4v) is 3.04. The molecule has 1 aliphatic rings. The Morgan fingerprint density at radius 3 is 2.24 bits per heavy atom. The Morgan fingerprint density at radius 2 is 1.76 bits per heavy atom. The zero-order valence-corrected chi connectivity index (χ0v) is 12.7. The molecule has 0 spiro atoms. The maximum atomic E-state index is 10.0. The highest BCUT2D eigenvalue weighted by molar-refractivity contribution is 6.74. The first-order valence-electron chi connectivity index (χ1n) is 6.24. The van der Waals surface area contributed by atoms with E-state index < -0.39 is 20.7 Å². The van der Waals surface area contributed by atoms with Crippen molar-refractivity contribution in [3.8, 4) is 0 Å². The summed E-state index contributed by atoms with van der Waals surface area (Å²) in [5.41, 5.74) is 0. The van der Waals surface area contributed by atoms with Crippen LogP contribution in [0.3, 0.4) is 0 Å². The standard InChI is InChI=1S/C12H26O4Si/c1-8-11(14)9(7-10(13)15-8)16-17(5,6)12(2,3)4/h8-11,13-14H,7H2,1-6H3/t8-,9-,10+,11-/m0/s1. The molecule has 1 aliphatic heterocycles. The summed E-state index contributed by atoms with van der Waals surface area (Å²) in [4.78, 5) is 0. The molecule has 0 bridgehead atoms. The first-order chi connectivity index (χ1) is 7.54. The Labute approximate surface area is 105 Å². The van der Waals surface area contributed by atoms with E-state index in [-0.39, 0.29) is 17.2 Å². The highest BCUT2D eigenvalue weighted by Crippen LogP contribution is 2.39. The van der Waals surface area contributed by atoms with E-state index in [0.717, 1.165) is 0 Å². The van der Waals surface area contributed by atoms with Gasteiger partial charge in [-0.25, -0.2) is 0 Å². The topological polar surface area (TPSA) is 58.9 Å². The highest BCUT2D eigenvalue weighted by atomic mass is 28.4. The van der Waals surface area contributed by atoms with Gasteiger partial charge in [0.15, 0.2) is 14.6 Å². The number of aliphatic hydroxyl groups excluding tert-OH is 2. The lowest BCUT2D eigenvalue weighted by atomic mass is 10.0. The summed E-state index contributed by atoms with van der Waals surface area (Å²) in [5, 5.41) is 19.7. The van der Waals surface area contributed by atoms with Crippen LogP contribution in [0.1, 0.15) is 34.1 Å². The molecule has 0 unspecified atom stereocenters. The van der Waals surface area contributed by atoms with Gasteiger partial charge in [-0.2, -0.15) is 0 Å². The van der Waals surface area contributed by atoms with Crippen LogP contribution in [0.25, 0.3) is 0 Å². The fourth-order valence-electron chi connectivity index (χ4n) is 1.70. The SMILES string of the molecule is C[C@@H]1O[C@@H](O)C[C@H](O[Si](C)(C)C(C)(C)C)[C@H]1O. The summed E-state index contributed by atoms with van der Waals surface area (Å²) in [5.74, 6) is 0. The van der Waals surface area contributed by atoms with Gasteiger partial charge < -0.3 is 19.4 Å². The lowest BCUT2D eigenvalue weighted by Crippen LogP contribution is -2.54. The van der Waals surface area contributed by atoms with Crippen molar-refractivity contribution in [2.24, 2.45) is 0 Å². The van der Waals surface area contributed by atoms with E-state index in [2.05, 4.69) is 33.9 Å². The van der Waals surface area contributed by atoms with Crippen molar-refractivity contribution < 1.29 is 19.4 Å². The summed E-state index contributed by atoms with van der Waals surface area (Å²) in [6.07, 6.45) is -1.85. The molecule has 0 saturated carbocycles. The smallest absolute Gasteiger partial charge is 0.192 e. The quantitative estimate of drug-likeness (QED) is 0.746. The lowest BCUT2D eigenvalue weighted by molar-refractivity contribution is -0.223. The molecule has 0 aromatic heterocycles. The van der Waals surface area contributed by atoms with Crippen molar-refractivity contribution in [2.45, 2.75) is 76.8 Å². The molecular weight excluding hydrogens is 236 g/mol. The molecule has 102 valence electrons. The predicted molar refractivity (Wildman–Crippen MR) is 69.2 cm³/mol. The summed E-state index contributed by atoms with van der Waals surface area (Å²) in [6, 6.07) is 0. The van der Waals surface area contributed by atoms with Gasteiger partial charge in [0, 0.05) is 6.42 Å². The average molecular weight is 262 g/mol. The van der Waals surface area contributed by atoms with E-state index in [1.165, 1.54) is 0 Å². The van der Waals surface area contributed by atoms with E-state index in [0.29, 0.717) is 6.42 Å². The van der Waals surface area contributed by atoms with Gasteiger partial charge >= 0.3 is 0 Å². The second-order valence-electron chi connectivity index (χ2n) is 6.44. The molecule has 2 N–H and O–H groups in total. The van der Waals surface area contributed by atoms with E-state index in [4.69, 9.17) is 9.16 Å². The molecule has 17 heavy (non-hydrogen) atoms. The molecule has 1 heterocycles. The molecule has 0 aromatic carbocycles. The van der Waals surface area contributed by atoms with Crippen molar-refractivity contribution in [3.05, 3.63) is 0 Å². The maximum absolute atomic E-state index is 10.0. The van der Waals surface area contributed by atoms with Gasteiger partial charge in [0.2, 0.25) is 0 Å². The predicted octanol–water partition coefficient (Wildman–Crippen LogP) is 1.86. The molecule has 0 aliphatic carbocycles. The molecule has 1 rings (SSSR count). The molecule has 4 nitrogen and oxygen atoms in total. The van der Waals surface area contributed by atoms with Gasteiger partial charge in [0.25, 0.3) is 0 Å². The van der Waals surface area contributed by atoms with Crippen LogP contribution in [-0.4, -0.2) is 43.1 Å². The van der Waals surface area contributed by atoms with Crippen molar-refractivity contribution in [1.29, 1.82) is 0 Å². The minimum atomic E-state index is -1.92. The van der Waals surface area contributed by atoms with Crippen LogP contribution < -0.4 is 0 Å². The van der Waals surface area contributed by atoms with Crippen molar-refractivity contribution >= 4 is 8.32 Å². The maximum Gasteiger partial charge on any atom is 0.192 e. The zero-order valence-electron chi connectivity index (χ0n) is 11.7. The number of hydrogen-bond acceptors (Lipinski definition) is 4. The molecule has 0 aromatic rings. The van der Waals surface area contributed by atoms with Gasteiger partial charge in [-0.1, -0.05) is 20.8 Å². The van der Waals surface area contributed by atoms with Crippen LogP contribution >= 0.6 is 0 Å². The van der Waals surface area contributed by atoms with E-state index in [1.807, 2.05) is 0 Å². The first-order valence-corrected chi connectivity index (χ1v) is 9.15. The van der Waals surface area contributed by atoms with Crippen molar-refractivity contribution in [1.82, 2.24) is 0 Å². The van der Waals surface area contributed by atoms with Gasteiger partial charge in [0.1, 0.15) is 6.10 Å². The second-order valence-corrected chi connectivity index (χ2v) is 11.2. The average Bonchev–Trinajstić information content (AvgIpc) is 2.11. The van der Waals surface area contributed by atoms with Crippen molar-refractivity contribution in [2.75, 3.05) is 0 Å². The monoisotopic (exact) mass is 262 g/mol. The normalized spacial score (nSPS) is 36.0. The van der Waals surface area contributed by atoms with Gasteiger partial charge in [-0.3, -0.25) is 0 Å². The molecule has 5 heteroatoms. The highest BCUT2D eigenvalue weighted by Gasteiger charge is 2.43. The van der Waals surface area contributed by atoms with E-state index in [9.17, 15) is 10.2 Å². The van der Waals surface area contributed by atoms with Crippen LogP contribution in [0, 0.1) is 0 Å². The third-order valence-electron chi connectivity index (χ3n) is 3.92. The lowest BCUT2D eigenvalue weighted by Gasteiger charge is -2.44. The third kappa shape index (κ3) is 3.51. The first kappa shape index (κ1) is 15.1. The summed E-state index contributed by atoms with van der Waals surface area (Å²) < 4.78 is 11.3. The molecule has 0 amide bonds. The molecule has 1 saturated heterocycles. The van der Waals surface area contributed by atoms with Crippen LogP contribution in [-0.2, 0) is 9.16 Å². The Kier molecular flexibility index (Phi) is 4.42. The Hall–Kier alpha value is 0.0569. The van der Waals surface area contributed by atoms with Crippen LogP contribution in [0.5, 0.6) is 0 Å². The van der Waals surface area contributed by atoms with E-state index in [1.54, 1.807) is 6.92 Å². The largest absolute Gasteiger partial charge is 0.411 e. The molecule has 4 atom stereocenters. The molecule has 0 radical (unpaired) electrons. The third-order valence-corrected chi connectivity index (χ3v) is 8.42. The van der Waals surface area contributed by atoms with Gasteiger partial charge in [-0.05, 0) is 25.1 Å². The summed E-state index contributed by atoms with van der Waals surface area (Å²) >= 11 is 0. The number of ether oxygens (including phenoxy) is 1. The number of rotatable bonds is 2. The Balaban J connectivity index is 2.73. The minimum absolute atomic E-state index is 0.0964. The fraction of sp³-hybridized carbons (Fsp3) is 1.00.